The van der Waals surface area contributed by atoms with Crippen molar-refractivity contribution >= 4 is 5.97 Å². The van der Waals surface area contributed by atoms with Crippen molar-refractivity contribution in [3.63, 3.8) is 0 Å². The van der Waals surface area contributed by atoms with Crippen molar-refractivity contribution in [2.45, 2.75) is 108 Å². The van der Waals surface area contributed by atoms with E-state index in [-0.39, 0.29) is 33.0 Å². The number of esters is 1. The van der Waals surface area contributed by atoms with Crippen LogP contribution >= 0.6 is 0 Å². The average Bonchev–Trinajstić information content (AvgIpc) is 3.40. The van der Waals surface area contributed by atoms with Gasteiger partial charge in [0.05, 0.1) is 58.5 Å². The van der Waals surface area contributed by atoms with Gasteiger partial charge in [0.1, 0.15) is 43.2 Å². The van der Waals surface area contributed by atoms with Crippen molar-refractivity contribution < 1.29 is 52.2 Å². The Labute approximate surface area is 406 Å². The first-order valence-electron chi connectivity index (χ1n) is 23.9. The van der Waals surface area contributed by atoms with Crippen LogP contribution in [0.3, 0.4) is 0 Å². The van der Waals surface area contributed by atoms with Crippen molar-refractivity contribution in [1.29, 1.82) is 0 Å². The minimum Gasteiger partial charge on any atom is -0.463 e. The van der Waals surface area contributed by atoms with E-state index in [4.69, 9.17) is 47.4 Å². The number of hydrogen-bond acceptors (Lipinski definition) is 11. The van der Waals surface area contributed by atoms with E-state index in [0.29, 0.717) is 26.2 Å². The van der Waals surface area contributed by atoms with Crippen molar-refractivity contribution in [3.8, 4) is 0 Å². The molecular weight excluding hydrogens is 873 g/mol. The topological polar surface area (TPSA) is 109 Å². The van der Waals surface area contributed by atoms with Crippen LogP contribution in [0.2, 0.25) is 0 Å². The molecule has 0 aliphatic carbocycles. The lowest BCUT2D eigenvalue weighted by molar-refractivity contribution is -0.315. The summed E-state index contributed by atoms with van der Waals surface area (Å²) in [4.78, 5) is 12.4. The smallest absolute Gasteiger partial charge is 0.302 e. The van der Waals surface area contributed by atoms with E-state index >= 15 is 0 Å². The molecule has 6 aromatic rings. The molecule has 362 valence electrons. The van der Waals surface area contributed by atoms with E-state index in [1.165, 1.54) is 6.92 Å². The molecule has 2 aliphatic heterocycles. The SMILES string of the molecule is CO[C@H]1O[C@H](COC(C)=O)[C@@H](OCc2ccccc2)[C@H](C[C@H]2O[C@H](COCc3ccccc3)[C@@H](OCc3ccccc3)[C@H](OCc3ccccc3)[C@@H]2OCc2ccccc2)[C@@H]1OCc1ccccc1. The zero-order valence-corrected chi connectivity index (χ0v) is 39.4. The lowest BCUT2D eigenvalue weighted by Gasteiger charge is -2.50. The van der Waals surface area contributed by atoms with Gasteiger partial charge in [0, 0.05) is 20.0 Å². The summed E-state index contributed by atoms with van der Waals surface area (Å²) in [5, 5.41) is 0. The first-order valence-corrected chi connectivity index (χ1v) is 23.9. The largest absolute Gasteiger partial charge is 0.463 e. The number of hydrogen-bond donors (Lipinski definition) is 0. The monoisotopic (exact) mass is 936 g/mol. The third kappa shape index (κ3) is 14.7. The Morgan fingerprint density at radius 3 is 1.16 bits per heavy atom. The second-order valence-electron chi connectivity index (χ2n) is 17.5. The lowest BCUT2D eigenvalue weighted by atomic mass is 9.80. The maximum atomic E-state index is 12.4. The Kier molecular flexibility index (Phi) is 19.1. The van der Waals surface area contributed by atoms with Crippen LogP contribution in [0.15, 0.2) is 182 Å². The lowest BCUT2D eigenvalue weighted by Crippen LogP contribution is -2.64. The summed E-state index contributed by atoms with van der Waals surface area (Å²) >= 11 is 0. The molecule has 0 bridgehead atoms. The minimum absolute atomic E-state index is 0.0653. The molecule has 0 amide bonds. The highest BCUT2D eigenvalue weighted by Gasteiger charge is 2.54. The number of rotatable bonds is 24. The molecule has 0 radical (unpaired) electrons. The first kappa shape index (κ1) is 49.8. The molecule has 8 rings (SSSR count). The molecule has 0 spiro atoms. The summed E-state index contributed by atoms with van der Waals surface area (Å²) in [6.45, 7) is 3.32. The van der Waals surface area contributed by atoms with Crippen LogP contribution in [-0.4, -0.2) is 81.4 Å². The molecule has 11 nitrogen and oxygen atoms in total. The number of carbonyl (C=O) groups excluding carboxylic acids is 1. The van der Waals surface area contributed by atoms with Crippen molar-refractivity contribution in [3.05, 3.63) is 215 Å². The minimum atomic E-state index is -0.861. The summed E-state index contributed by atoms with van der Waals surface area (Å²) in [6.07, 6.45) is -5.80. The van der Waals surface area contributed by atoms with Crippen molar-refractivity contribution in [2.24, 2.45) is 5.92 Å². The summed E-state index contributed by atoms with van der Waals surface area (Å²) in [5.74, 6) is -0.899. The molecule has 2 heterocycles. The van der Waals surface area contributed by atoms with Gasteiger partial charge < -0.3 is 47.4 Å². The second kappa shape index (κ2) is 26.4. The number of benzene rings is 6. The zero-order valence-electron chi connectivity index (χ0n) is 39.4. The van der Waals surface area contributed by atoms with Crippen LogP contribution in [0.4, 0.5) is 0 Å². The Balaban J connectivity index is 1.20. The second-order valence-corrected chi connectivity index (χ2v) is 17.5. The maximum absolute atomic E-state index is 12.4. The summed E-state index contributed by atoms with van der Waals surface area (Å²) in [7, 11) is 1.60. The van der Waals surface area contributed by atoms with Crippen LogP contribution in [0.1, 0.15) is 46.7 Å². The maximum Gasteiger partial charge on any atom is 0.302 e. The molecule has 10 atom stereocenters. The van der Waals surface area contributed by atoms with Gasteiger partial charge in [0.15, 0.2) is 6.29 Å². The molecule has 69 heavy (non-hydrogen) atoms. The predicted octanol–water partition coefficient (Wildman–Crippen LogP) is 9.84. The van der Waals surface area contributed by atoms with Crippen LogP contribution in [0.5, 0.6) is 0 Å². The number of methoxy groups -OCH3 is 1. The molecule has 11 heteroatoms. The van der Waals surface area contributed by atoms with Gasteiger partial charge >= 0.3 is 5.97 Å². The molecule has 0 saturated carbocycles. The molecule has 0 aromatic heterocycles. The molecule has 0 unspecified atom stereocenters. The Morgan fingerprint density at radius 1 is 0.406 bits per heavy atom. The highest BCUT2D eigenvalue weighted by molar-refractivity contribution is 5.65. The molecule has 0 N–H and O–H groups in total. The average molecular weight is 937 g/mol. The molecule has 2 fully saturated rings. The van der Waals surface area contributed by atoms with Gasteiger partial charge in [-0.1, -0.05) is 182 Å². The fourth-order valence-corrected chi connectivity index (χ4v) is 9.09. The van der Waals surface area contributed by atoms with E-state index in [2.05, 4.69) is 12.1 Å². The third-order valence-electron chi connectivity index (χ3n) is 12.5. The molecule has 6 aromatic carbocycles. The summed E-state index contributed by atoms with van der Waals surface area (Å²) < 4.78 is 67.5. The van der Waals surface area contributed by atoms with E-state index in [1.54, 1.807) is 7.11 Å². The van der Waals surface area contributed by atoms with Gasteiger partial charge in [-0.2, -0.15) is 0 Å². The summed E-state index contributed by atoms with van der Waals surface area (Å²) in [5.41, 5.74) is 6.00. The van der Waals surface area contributed by atoms with Crippen LogP contribution < -0.4 is 0 Å². The van der Waals surface area contributed by atoms with E-state index in [1.807, 2.05) is 170 Å². The van der Waals surface area contributed by atoms with Crippen molar-refractivity contribution in [1.82, 2.24) is 0 Å². The van der Waals surface area contributed by atoms with Crippen LogP contribution in [0, 0.1) is 5.92 Å². The number of carbonyl (C=O) groups is 1. The van der Waals surface area contributed by atoms with E-state index in [0.717, 1.165) is 33.4 Å². The zero-order chi connectivity index (χ0) is 47.5. The molecular formula is C58H64O11. The normalized spacial score (nSPS) is 24.7. The molecule has 2 saturated heterocycles. The van der Waals surface area contributed by atoms with E-state index < -0.39 is 67.0 Å². The standard InChI is InChI=1S/C58H64O11/c1-42(59)62-41-52-53(63-35-44-23-11-4-12-24-44)49(54(58(60-2)69-52)64-36-45-25-13-5-14-26-45)33-50-55(65-37-46-27-15-6-16-28-46)57(67-39-48-31-19-8-20-32-48)56(66-38-47-29-17-7-18-30-47)51(68-50)40-61-34-43-21-9-3-10-22-43/h3-32,49-58H,33-41H2,1-2H3/t49-,50+,51+,52+,53-,54-,55+,56+,57+,58-/m0/s1. The Bertz CT molecular complexity index is 2340. The van der Waals surface area contributed by atoms with E-state index in [9.17, 15) is 4.79 Å². The van der Waals surface area contributed by atoms with Crippen molar-refractivity contribution in [2.75, 3.05) is 20.3 Å². The predicted molar refractivity (Wildman–Crippen MR) is 260 cm³/mol. The van der Waals surface area contributed by atoms with Gasteiger partial charge in [-0.25, -0.2) is 0 Å². The quantitative estimate of drug-likeness (QED) is 0.0542. The highest BCUT2D eigenvalue weighted by atomic mass is 16.7. The molecule has 2 aliphatic rings. The van der Waals surface area contributed by atoms with Crippen LogP contribution in [-0.2, 0) is 91.8 Å². The third-order valence-corrected chi connectivity index (χ3v) is 12.5. The van der Waals surface area contributed by atoms with Gasteiger partial charge in [-0.05, 0) is 39.8 Å². The fraction of sp³-hybridized carbons (Fsp3) is 0.362. The fourth-order valence-electron chi connectivity index (χ4n) is 9.09. The van der Waals surface area contributed by atoms with Gasteiger partial charge in [0.2, 0.25) is 0 Å². The first-order chi connectivity index (χ1) is 34.0. The van der Waals surface area contributed by atoms with Gasteiger partial charge in [-0.3, -0.25) is 4.79 Å². The van der Waals surface area contributed by atoms with Gasteiger partial charge in [0.25, 0.3) is 0 Å². The highest BCUT2D eigenvalue weighted by Crippen LogP contribution is 2.40. The Hall–Kier alpha value is -5.57. The Morgan fingerprint density at radius 2 is 0.754 bits per heavy atom. The van der Waals surface area contributed by atoms with Gasteiger partial charge in [-0.15, -0.1) is 0 Å². The number of ether oxygens (including phenoxy) is 10. The summed E-state index contributed by atoms with van der Waals surface area (Å²) in [6, 6.07) is 60.3. The van der Waals surface area contributed by atoms with Crippen LogP contribution in [0.25, 0.3) is 0 Å².